The van der Waals surface area contributed by atoms with Gasteiger partial charge < -0.3 is 21.7 Å². The molecule has 102 valence electrons. The number of benzene rings is 2. The summed E-state index contributed by atoms with van der Waals surface area (Å²) in [6, 6.07) is 15.6. The van der Waals surface area contributed by atoms with Gasteiger partial charge in [0.15, 0.2) is 0 Å². The first-order valence-corrected chi connectivity index (χ1v) is 6.04. The fraction of sp³-hybridized carbons (Fsp3) is 0.200. The minimum atomic E-state index is -0.545. The van der Waals surface area contributed by atoms with E-state index in [0.717, 1.165) is 5.56 Å². The van der Waals surface area contributed by atoms with Crippen LogP contribution in [0.25, 0.3) is 0 Å². The average molecular weight is 260 g/mol. The zero-order valence-corrected chi connectivity index (χ0v) is 10.9. The van der Waals surface area contributed by atoms with Gasteiger partial charge in [-0.05, 0) is 36.8 Å². The molecule has 4 nitrogen and oxygen atoms in total. The maximum Gasteiger partial charge on any atom is 0.115 e. The number of aliphatic hydroxyl groups is 1. The Hall–Kier alpha value is -2.04. The standard InChI is InChI=1S/C9H13NO.C6H7NO/c1-7(10)9(11)8-5-3-2-4-6-8;7-5-1-3-6(8)4-2-5/h2-7,9,11H,10H2,1H3;1-4,8H,7H2/t7-,9-;/m1./s1. The van der Waals surface area contributed by atoms with Crippen molar-refractivity contribution >= 4 is 5.69 Å². The summed E-state index contributed by atoms with van der Waals surface area (Å²) in [7, 11) is 0. The van der Waals surface area contributed by atoms with Crippen LogP contribution in [0.4, 0.5) is 5.69 Å². The lowest BCUT2D eigenvalue weighted by atomic mass is 10.0. The van der Waals surface area contributed by atoms with Gasteiger partial charge in [-0.2, -0.15) is 0 Å². The van der Waals surface area contributed by atoms with Crippen LogP contribution in [0, 0.1) is 0 Å². The number of phenols is 1. The van der Waals surface area contributed by atoms with Crippen LogP contribution in [-0.4, -0.2) is 16.3 Å². The fourth-order valence-electron chi connectivity index (χ4n) is 1.43. The van der Waals surface area contributed by atoms with Crippen LogP contribution >= 0.6 is 0 Å². The maximum atomic E-state index is 9.47. The normalized spacial score (nSPS) is 13.0. The van der Waals surface area contributed by atoms with Crippen molar-refractivity contribution < 1.29 is 10.2 Å². The number of hydrogen-bond acceptors (Lipinski definition) is 4. The van der Waals surface area contributed by atoms with Gasteiger partial charge in [0.25, 0.3) is 0 Å². The molecule has 6 N–H and O–H groups in total. The summed E-state index contributed by atoms with van der Waals surface area (Å²) in [6.07, 6.45) is -0.545. The number of anilines is 1. The quantitative estimate of drug-likeness (QED) is 0.491. The van der Waals surface area contributed by atoms with Gasteiger partial charge in [0.05, 0.1) is 6.10 Å². The second-order valence-electron chi connectivity index (χ2n) is 4.31. The number of rotatable bonds is 2. The summed E-state index contributed by atoms with van der Waals surface area (Å²) >= 11 is 0. The Labute approximate surface area is 113 Å². The zero-order valence-electron chi connectivity index (χ0n) is 10.9. The van der Waals surface area contributed by atoms with Crippen LogP contribution in [0.5, 0.6) is 5.75 Å². The molecular formula is C15H20N2O2. The lowest BCUT2D eigenvalue weighted by molar-refractivity contribution is 0.153. The monoisotopic (exact) mass is 260 g/mol. The smallest absolute Gasteiger partial charge is 0.115 e. The van der Waals surface area contributed by atoms with E-state index in [-0.39, 0.29) is 11.8 Å². The summed E-state index contributed by atoms with van der Waals surface area (Å²) in [4.78, 5) is 0. The van der Waals surface area contributed by atoms with Crippen molar-refractivity contribution in [3.8, 4) is 5.75 Å². The van der Waals surface area contributed by atoms with Gasteiger partial charge in [-0.25, -0.2) is 0 Å². The van der Waals surface area contributed by atoms with Crippen molar-refractivity contribution in [1.29, 1.82) is 0 Å². The molecular weight excluding hydrogens is 240 g/mol. The van der Waals surface area contributed by atoms with Gasteiger partial charge in [-0.1, -0.05) is 30.3 Å². The molecule has 0 radical (unpaired) electrons. The molecule has 0 saturated heterocycles. The highest BCUT2D eigenvalue weighted by Crippen LogP contribution is 2.13. The minimum absolute atomic E-state index is 0.211. The topological polar surface area (TPSA) is 92.5 Å². The highest BCUT2D eigenvalue weighted by atomic mass is 16.3. The number of phenolic OH excluding ortho intramolecular Hbond substituents is 1. The van der Waals surface area contributed by atoms with E-state index >= 15 is 0 Å². The molecule has 19 heavy (non-hydrogen) atoms. The van der Waals surface area contributed by atoms with Crippen LogP contribution < -0.4 is 11.5 Å². The van der Waals surface area contributed by atoms with E-state index < -0.39 is 6.10 Å². The van der Waals surface area contributed by atoms with Crippen LogP contribution in [0.3, 0.4) is 0 Å². The molecule has 2 rings (SSSR count). The van der Waals surface area contributed by atoms with Crippen molar-refractivity contribution in [3.05, 3.63) is 60.2 Å². The molecule has 0 aliphatic heterocycles. The Morgan fingerprint density at radius 1 is 0.947 bits per heavy atom. The summed E-state index contributed by atoms with van der Waals surface area (Å²) in [5, 5.41) is 18.2. The number of nitrogens with two attached hydrogens (primary N) is 2. The lowest BCUT2D eigenvalue weighted by Gasteiger charge is -2.13. The Bertz CT molecular complexity index is 448. The molecule has 4 heteroatoms. The van der Waals surface area contributed by atoms with Crippen molar-refractivity contribution in [3.63, 3.8) is 0 Å². The summed E-state index contributed by atoms with van der Waals surface area (Å²) in [5.74, 6) is 0.249. The number of aromatic hydroxyl groups is 1. The number of hydrogen-bond donors (Lipinski definition) is 4. The SMILES string of the molecule is C[C@@H](N)[C@@H](O)c1ccccc1.Nc1ccc(O)cc1. The molecule has 0 unspecified atom stereocenters. The fourth-order valence-corrected chi connectivity index (χ4v) is 1.43. The van der Waals surface area contributed by atoms with E-state index in [1.807, 2.05) is 30.3 Å². The second kappa shape index (κ2) is 7.41. The van der Waals surface area contributed by atoms with E-state index in [1.165, 1.54) is 0 Å². The Kier molecular flexibility index (Phi) is 5.85. The van der Waals surface area contributed by atoms with Crippen LogP contribution in [-0.2, 0) is 0 Å². The van der Waals surface area contributed by atoms with Crippen LogP contribution in [0.15, 0.2) is 54.6 Å². The first-order chi connectivity index (χ1) is 9.00. The van der Waals surface area contributed by atoms with Gasteiger partial charge in [-0.15, -0.1) is 0 Å². The third kappa shape index (κ3) is 5.42. The van der Waals surface area contributed by atoms with E-state index in [2.05, 4.69) is 0 Å². The average Bonchev–Trinajstić information content (AvgIpc) is 2.43. The Morgan fingerprint density at radius 3 is 1.89 bits per heavy atom. The highest BCUT2D eigenvalue weighted by molar-refractivity contribution is 5.40. The van der Waals surface area contributed by atoms with Crippen molar-refractivity contribution in [2.24, 2.45) is 5.73 Å². The first-order valence-electron chi connectivity index (χ1n) is 6.04. The van der Waals surface area contributed by atoms with Crippen molar-refractivity contribution in [1.82, 2.24) is 0 Å². The first kappa shape index (κ1) is 15.0. The molecule has 0 spiro atoms. The van der Waals surface area contributed by atoms with Gasteiger partial charge in [0, 0.05) is 11.7 Å². The Morgan fingerprint density at radius 2 is 1.47 bits per heavy atom. The number of nitrogen functional groups attached to an aromatic ring is 1. The predicted octanol–water partition coefficient (Wildman–Crippen LogP) is 2.04. The molecule has 2 aromatic rings. The van der Waals surface area contributed by atoms with Gasteiger partial charge in [0.2, 0.25) is 0 Å². The summed E-state index contributed by atoms with van der Waals surface area (Å²) in [5.41, 5.74) is 12.4. The van der Waals surface area contributed by atoms with Gasteiger partial charge in [-0.3, -0.25) is 0 Å². The van der Waals surface area contributed by atoms with E-state index in [9.17, 15) is 5.11 Å². The molecule has 0 saturated carbocycles. The minimum Gasteiger partial charge on any atom is -0.508 e. The summed E-state index contributed by atoms with van der Waals surface area (Å²) < 4.78 is 0. The predicted molar refractivity (Wildman–Crippen MR) is 77.6 cm³/mol. The number of aliphatic hydroxyl groups excluding tert-OH is 1. The van der Waals surface area contributed by atoms with Crippen LogP contribution in [0.1, 0.15) is 18.6 Å². The molecule has 2 atom stereocenters. The third-order valence-electron chi connectivity index (χ3n) is 2.53. The molecule has 0 aliphatic rings. The van der Waals surface area contributed by atoms with E-state index in [4.69, 9.17) is 16.6 Å². The molecule has 0 aromatic heterocycles. The third-order valence-corrected chi connectivity index (χ3v) is 2.53. The highest BCUT2D eigenvalue weighted by Gasteiger charge is 2.10. The molecule has 0 amide bonds. The molecule has 0 heterocycles. The van der Waals surface area contributed by atoms with E-state index in [0.29, 0.717) is 5.69 Å². The molecule has 0 fully saturated rings. The van der Waals surface area contributed by atoms with E-state index in [1.54, 1.807) is 31.2 Å². The second-order valence-corrected chi connectivity index (χ2v) is 4.31. The van der Waals surface area contributed by atoms with Gasteiger partial charge >= 0.3 is 0 Å². The summed E-state index contributed by atoms with van der Waals surface area (Å²) in [6.45, 7) is 1.79. The van der Waals surface area contributed by atoms with Crippen molar-refractivity contribution in [2.45, 2.75) is 19.1 Å². The maximum absolute atomic E-state index is 9.47. The molecule has 2 aromatic carbocycles. The zero-order chi connectivity index (χ0) is 14.3. The van der Waals surface area contributed by atoms with Crippen LogP contribution in [0.2, 0.25) is 0 Å². The molecule has 0 bridgehead atoms. The van der Waals surface area contributed by atoms with Crippen molar-refractivity contribution in [2.75, 3.05) is 5.73 Å². The molecule has 0 aliphatic carbocycles. The van der Waals surface area contributed by atoms with Gasteiger partial charge in [0.1, 0.15) is 5.75 Å². The largest absolute Gasteiger partial charge is 0.508 e. The lowest BCUT2D eigenvalue weighted by Crippen LogP contribution is -2.24. The Balaban J connectivity index is 0.000000200.